The Hall–Kier alpha value is -4.98. The first-order chi connectivity index (χ1) is 18.8. The lowest BCUT2D eigenvalue weighted by Gasteiger charge is -2.21. The molecule has 0 aromatic heterocycles. The zero-order valence-corrected chi connectivity index (χ0v) is 21.3. The zero-order chi connectivity index (χ0) is 27.9. The van der Waals surface area contributed by atoms with Gasteiger partial charge in [-0.15, -0.1) is 0 Å². The van der Waals surface area contributed by atoms with Crippen LogP contribution in [0.4, 0.5) is 0 Å². The molecule has 0 spiro atoms. The summed E-state index contributed by atoms with van der Waals surface area (Å²) in [7, 11) is 0. The van der Waals surface area contributed by atoms with Crippen LogP contribution in [0.1, 0.15) is 31.7 Å². The average molecular weight is 529 g/mol. The Balaban J connectivity index is 1.88. The van der Waals surface area contributed by atoms with Gasteiger partial charge in [0.25, 0.3) is 0 Å². The summed E-state index contributed by atoms with van der Waals surface area (Å²) < 4.78 is 11.2. The summed E-state index contributed by atoms with van der Waals surface area (Å²) in [6, 6.07) is 20.6. The molecule has 4 rings (SSSR count). The van der Waals surface area contributed by atoms with E-state index in [1.54, 1.807) is 6.92 Å². The van der Waals surface area contributed by atoms with E-state index in [2.05, 4.69) is 0 Å². The fourth-order valence-electron chi connectivity index (χ4n) is 4.09. The van der Waals surface area contributed by atoms with E-state index in [-0.39, 0.29) is 52.5 Å². The molecule has 0 saturated carbocycles. The number of benzene rings is 4. The number of aryl methyl sites for hydroxylation is 1. The van der Waals surface area contributed by atoms with E-state index >= 15 is 0 Å². The average Bonchev–Trinajstić information content (AvgIpc) is 2.93. The quantitative estimate of drug-likeness (QED) is 0.117. The van der Waals surface area contributed by atoms with E-state index in [1.165, 1.54) is 48.5 Å². The zero-order valence-electron chi connectivity index (χ0n) is 21.3. The molecule has 4 N–H and O–H groups in total. The molecule has 0 amide bonds. The van der Waals surface area contributed by atoms with Crippen LogP contribution in [0.3, 0.4) is 0 Å². The van der Waals surface area contributed by atoms with Crippen LogP contribution >= 0.6 is 0 Å². The minimum Gasteiger partial charge on any atom is -0.508 e. The molecule has 0 radical (unpaired) electrons. The van der Waals surface area contributed by atoms with Crippen molar-refractivity contribution in [2.75, 3.05) is 0 Å². The van der Waals surface area contributed by atoms with Gasteiger partial charge in [-0.25, -0.2) is 0 Å². The van der Waals surface area contributed by atoms with Gasteiger partial charge in [0.05, 0.1) is 11.1 Å². The van der Waals surface area contributed by atoms with Crippen molar-refractivity contribution in [3.8, 4) is 56.8 Å². The standard InChI is InChI=1S/C31H28O8/c1-2-6-24(34)38-30-26(20-10-14-22(32)15-11-20)29(37)31(27(28(30)36)21-12-16-23(33)17-13-21)39-25(35)18-9-19-7-4-3-5-8-19/h3-5,7-8,10-17,32-33,36-37H,2,6,9,18H2,1H3. The minimum atomic E-state index is -0.666. The molecule has 0 atom stereocenters. The number of esters is 2. The molecule has 0 aliphatic heterocycles. The molecule has 4 aromatic rings. The Morgan fingerprint density at radius 2 is 1.05 bits per heavy atom. The molecule has 0 saturated heterocycles. The lowest BCUT2D eigenvalue weighted by molar-refractivity contribution is -0.135. The van der Waals surface area contributed by atoms with Crippen LogP contribution in [0.15, 0.2) is 78.9 Å². The van der Waals surface area contributed by atoms with Crippen molar-refractivity contribution in [1.29, 1.82) is 0 Å². The third-order valence-electron chi connectivity index (χ3n) is 6.02. The summed E-state index contributed by atoms with van der Waals surface area (Å²) in [5.41, 5.74) is 1.31. The van der Waals surface area contributed by atoms with E-state index in [4.69, 9.17) is 9.47 Å². The number of phenols is 4. The van der Waals surface area contributed by atoms with Crippen molar-refractivity contribution in [3.05, 3.63) is 84.4 Å². The fraction of sp³-hybridized carbons (Fsp3) is 0.161. The first-order valence-corrected chi connectivity index (χ1v) is 12.4. The highest BCUT2D eigenvalue weighted by atomic mass is 16.6. The molecule has 8 nitrogen and oxygen atoms in total. The van der Waals surface area contributed by atoms with Crippen LogP contribution in [0.25, 0.3) is 22.3 Å². The Kier molecular flexibility index (Phi) is 8.36. The molecule has 0 unspecified atom stereocenters. The van der Waals surface area contributed by atoms with Crippen LogP contribution in [0.2, 0.25) is 0 Å². The first-order valence-electron chi connectivity index (χ1n) is 12.4. The number of aromatic hydroxyl groups is 4. The van der Waals surface area contributed by atoms with Gasteiger partial charge in [-0.05, 0) is 53.8 Å². The van der Waals surface area contributed by atoms with Crippen LogP contribution in [0.5, 0.6) is 34.5 Å². The summed E-state index contributed by atoms with van der Waals surface area (Å²) in [6.07, 6.45) is 0.918. The van der Waals surface area contributed by atoms with E-state index in [1.807, 2.05) is 30.3 Å². The number of phenolic OH excluding ortho intramolecular Hbond substituents is 4. The fourth-order valence-corrected chi connectivity index (χ4v) is 4.09. The number of carbonyl (C=O) groups is 2. The van der Waals surface area contributed by atoms with Gasteiger partial charge < -0.3 is 29.9 Å². The van der Waals surface area contributed by atoms with Crippen molar-refractivity contribution in [1.82, 2.24) is 0 Å². The van der Waals surface area contributed by atoms with Crippen LogP contribution < -0.4 is 9.47 Å². The predicted molar refractivity (Wildman–Crippen MR) is 145 cm³/mol. The van der Waals surface area contributed by atoms with Gasteiger partial charge in [-0.2, -0.15) is 0 Å². The highest BCUT2D eigenvalue weighted by Crippen LogP contribution is 2.56. The topological polar surface area (TPSA) is 134 Å². The minimum absolute atomic E-state index is 0.0129. The van der Waals surface area contributed by atoms with Gasteiger partial charge in [-0.3, -0.25) is 9.59 Å². The Bertz CT molecular complexity index is 1460. The number of hydrogen-bond acceptors (Lipinski definition) is 8. The molecule has 39 heavy (non-hydrogen) atoms. The summed E-state index contributed by atoms with van der Waals surface area (Å²) >= 11 is 0. The third-order valence-corrected chi connectivity index (χ3v) is 6.02. The summed E-state index contributed by atoms with van der Waals surface area (Å²) in [5.74, 6) is -3.15. The maximum atomic E-state index is 13.0. The normalized spacial score (nSPS) is 10.7. The maximum Gasteiger partial charge on any atom is 0.311 e. The highest BCUT2D eigenvalue weighted by Gasteiger charge is 2.30. The van der Waals surface area contributed by atoms with Crippen LogP contribution in [-0.2, 0) is 16.0 Å². The second kappa shape index (κ2) is 12.0. The molecule has 0 aliphatic rings. The number of rotatable bonds is 9. The maximum absolute atomic E-state index is 13.0. The van der Waals surface area contributed by atoms with Crippen molar-refractivity contribution >= 4 is 11.9 Å². The first kappa shape index (κ1) is 27.1. The third kappa shape index (κ3) is 6.30. The Morgan fingerprint density at radius 1 is 0.615 bits per heavy atom. The molecule has 200 valence electrons. The lowest BCUT2D eigenvalue weighted by Crippen LogP contribution is -2.12. The van der Waals surface area contributed by atoms with Crippen molar-refractivity contribution in [2.45, 2.75) is 32.6 Å². The van der Waals surface area contributed by atoms with Crippen molar-refractivity contribution in [3.63, 3.8) is 0 Å². The molecular weight excluding hydrogens is 500 g/mol. The summed E-state index contributed by atoms with van der Waals surface area (Å²) in [4.78, 5) is 25.5. The van der Waals surface area contributed by atoms with Crippen molar-refractivity contribution in [2.24, 2.45) is 0 Å². The van der Waals surface area contributed by atoms with Gasteiger partial charge >= 0.3 is 11.9 Å². The Labute approximate surface area is 225 Å². The van der Waals surface area contributed by atoms with E-state index in [0.717, 1.165) is 5.56 Å². The number of hydrogen-bond donors (Lipinski definition) is 4. The second-order valence-corrected chi connectivity index (χ2v) is 8.88. The largest absolute Gasteiger partial charge is 0.508 e. The second-order valence-electron chi connectivity index (χ2n) is 8.88. The lowest BCUT2D eigenvalue weighted by atomic mass is 9.95. The van der Waals surface area contributed by atoms with Gasteiger partial charge in [-0.1, -0.05) is 61.5 Å². The summed E-state index contributed by atoms with van der Waals surface area (Å²) in [6.45, 7) is 1.79. The van der Waals surface area contributed by atoms with Crippen molar-refractivity contribution < 1.29 is 39.5 Å². The molecular formula is C31H28O8. The molecule has 0 bridgehead atoms. The van der Waals surface area contributed by atoms with E-state index < -0.39 is 23.4 Å². The van der Waals surface area contributed by atoms with E-state index in [9.17, 15) is 30.0 Å². The van der Waals surface area contributed by atoms with E-state index in [0.29, 0.717) is 18.4 Å². The van der Waals surface area contributed by atoms with Gasteiger partial charge in [0.15, 0.2) is 23.0 Å². The van der Waals surface area contributed by atoms with Crippen LogP contribution in [-0.4, -0.2) is 32.4 Å². The van der Waals surface area contributed by atoms with Crippen LogP contribution in [0, 0.1) is 0 Å². The molecule has 8 heteroatoms. The smallest absolute Gasteiger partial charge is 0.311 e. The Morgan fingerprint density at radius 3 is 1.49 bits per heavy atom. The summed E-state index contributed by atoms with van der Waals surface area (Å²) in [5, 5.41) is 42.5. The molecule has 4 aromatic carbocycles. The molecule has 0 fully saturated rings. The predicted octanol–water partition coefficient (Wildman–Crippen LogP) is 6.09. The number of ether oxygens (including phenoxy) is 2. The molecule has 0 heterocycles. The SMILES string of the molecule is CCCC(=O)Oc1c(O)c(-c2ccc(O)cc2)c(OC(=O)CCc2ccccc2)c(O)c1-c1ccc(O)cc1. The highest BCUT2D eigenvalue weighted by molar-refractivity contribution is 5.95. The van der Waals surface area contributed by atoms with Gasteiger partial charge in [0.2, 0.25) is 0 Å². The van der Waals surface area contributed by atoms with Gasteiger partial charge in [0, 0.05) is 12.8 Å². The van der Waals surface area contributed by atoms with Gasteiger partial charge in [0.1, 0.15) is 11.5 Å². The monoisotopic (exact) mass is 528 g/mol. The number of carbonyl (C=O) groups excluding carboxylic acids is 2. The molecule has 0 aliphatic carbocycles.